The van der Waals surface area contributed by atoms with Gasteiger partial charge in [-0.05, 0) is 54.3 Å². The van der Waals surface area contributed by atoms with E-state index in [1.54, 1.807) is 23.1 Å². The average molecular weight is 572 g/mol. The summed E-state index contributed by atoms with van der Waals surface area (Å²) in [7, 11) is 0. The Bertz CT molecular complexity index is 1140. The Hall–Kier alpha value is -2.68. The third-order valence-corrected chi connectivity index (χ3v) is 7.57. The predicted molar refractivity (Wildman–Crippen MR) is 143 cm³/mol. The van der Waals surface area contributed by atoms with Gasteiger partial charge in [0.15, 0.2) is 0 Å². The van der Waals surface area contributed by atoms with Crippen LogP contribution in [0.3, 0.4) is 0 Å². The largest absolute Gasteiger partial charge is 0.872 e. The number of amides is 1. The van der Waals surface area contributed by atoms with Crippen LogP contribution in [0.1, 0.15) is 48.9 Å². The zero-order chi connectivity index (χ0) is 26.4. The van der Waals surface area contributed by atoms with E-state index in [4.69, 9.17) is 9.47 Å². The molecule has 0 bridgehead atoms. The number of rotatable bonds is 10. The van der Waals surface area contributed by atoms with E-state index in [2.05, 4.69) is 22.9 Å². The first-order valence-electron chi connectivity index (χ1n) is 13.1. The van der Waals surface area contributed by atoms with Gasteiger partial charge < -0.3 is 24.4 Å². The van der Waals surface area contributed by atoms with Crippen LogP contribution in [-0.2, 0) is 14.3 Å². The van der Waals surface area contributed by atoms with Crippen molar-refractivity contribution < 1.29 is 29.1 Å². The normalized spacial score (nSPS) is 20.0. The molecule has 1 unspecified atom stereocenters. The molecule has 1 N–H and O–H groups in total. The van der Waals surface area contributed by atoms with Gasteiger partial charge in [0.1, 0.15) is 18.8 Å². The maximum atomic E-state index is 13.7. The van der Waals surface area contributed by atoms with Crippen molar-refractivity contribution in [3.8, 4) is 5.75 Å². The number of benzene rings is 2. The molecule has 2 saturated heterocycles. The van der Waals surface area contributed by atoms with Gasteiger partial charge in [0.25, 0.3) is 5.91 Å². The second-order valence-electron chi connectivity index (χ2n) is 9.67. The number of aryl methyl sites for hydroxylation is 1. The fourth-order valence-corrected chi connectivity index (χ4v) is 5.20. The van der Waals surface area contributed by atoms with E-state index in [9.17, 15) is 14.7 Å². The quantitative estimate of drug-likeness (QED) is 0.205. The van der Waals surface area contributed by atoms with Crippen molar-refractivity contribution in [2.45, 2.75) is 39.2 Å². The van der Waals surface area contributed by atoms with Gasteiger partial charge in [-0.1, -0.05) is 53.2 Å². The van der Waals surface area contributed by atoms with Crippen LogP contribution in [0, 0.1) is 6.92 Å². The molecule has 0 radical (unpaired) electrons. The van der Waals surface area contributed by atoms with Crippen molar-refractivity contribution >= 4 is 33.4 Å². The van der Waals surface area contributed by atoms with Crippen LogP contribution >= 0.6 is 15.9 Å². The van der Waals surface area contributed by atoms with Gasteiger partial charge in [-0.3, -0.25) is 9.59 Å². The topological polar surface area (TPSA) is 83.3 Å². The third-order valence-electron chi connectivity index (χ3n) is 7.04. The number of likely N-dealkylation sites (tertiary alicyclic amines) is 1. The number of nitrogens with zero attached hydrogens (tertiary/aromatic N) is 1. The van der Waals surface area contributed by atoms with Crippen molar-refractivity contribution in [2.24, 2.45) is 0 Å². The maximum Gasteiger partial charge on any atom is 0.295 e. The number of carbonyl (C=O) groups excluding carboxylic acids is 2. The summed E-state index contributed by atoms with van der Waals surface area (Å²) < 4.78 is 12.1. The lowest BCUT2D eigenvalue weighted by Gasteiger charge is -2.29. The first-order valence-corrected chi connectivity index (χ1v) is 13.9. The fourth-order valence-electron chi connectivity index (χ4n) is 4.94. The summed E-state index contributed by atoms with van der Waals surface area (Å²) in [6.07, 6.45) is 2.73. The van der Waals surface area contributed by atoms with E-state index in [1.165, 1.54) is 4.90 Å². The van der Waals surface area contributed by atoms with Crippen molar-refractivity contribution in [1.82, 2.24) is 4.90 Å². The lowest BCUT2D eigenvalue weighted by atomic mass is 9.94. The van der Waals surface area contributed by atoms with Crippen molar-refractivity contribution in [1.29, 1.82) is 0 Å². The summed E-state index contributed by atoms with van der Waals surface area (Å²) in [4.78, 5) is 29.5. The van der Waals surface area contributed by atoms with Gasteiger partial charge >= 0.3 is 0 Å². The minimum Gasteiger partial charge on any atom is -0.872 e. The third kappa shape index (κ3) is 6.43. The predicted octanol–water partition coefficient (Wildman–Crippen LogP) is 2.47. The van der Waals surface area contributed by atoms with E-state index in [0.29, 0.717) is 18.7 Å². The Balaban J connectivity index is 1.64. The van der Waals surface area contributed by atoms with Gasteiger partial charge in [0.05, 0.1) is 32.4 Å². The molecule has 7 nitrogen and oxygen atoms in total. The lowest BCUT2D eigenvalue weighted by Crippen LogP contribution is -3.14. The molecular weight excluding hydrogens is 536 g/mol. The highest BCUT2D eigenvalue weighted by molar-refractivity contribution is 9.10. The van der Waals surface area contributed by atoms with E-state index in [-0.39, 0.29) is 5.57 Å². The number of morpholine rings is 1. The number of carbonyl (C=O) groups is 2. The van der Waals surface area contributed by atoms with Crippen molar-refractivity contribution in [3.63, 3.8) is 0 Å². The Morgan fingerprint density at radius 3 is 2.54 bits per heavy atom. The van der Waals surface area contributed by atoms with E-state index >= 15 is 0 Å². The number of Topliss-reactive ketones (excluding diaryl/α,β-unsaturated/α-hetero) is 1. The second kappa shape index (κ2) is 12.7. The number of unbranched alkanes of at least 4 members (excludes halogenated alkanes) is 1. The van der Waals surface area contributed by atoms with E-state index in [1.807, 2.05) is 31.2 Å². The van der Waals surface area contributed by atoms with Gasteiger partial charge in [-0.15, -0.1) is 0 Å². The minimum absolute atomic E-state index is 0.0186. The summed E-state index contributed by atoms with van der Waals surface area (Å²) in [5.41, 5.74) is 1.98. The molecule has 4 rings (SSSR count). The average Bonchev–Trinajstić information content (AvgIpc) is 3.15. The first kappa shape index (κ1) is 27.4. The zero-order valence-corrected chi connectivity index (χ0v) is 23.1. The molecule has 0 aromatic heterocycles. The number of nitrogens with one attached hydrogen (secondary N) is 1. The highest BCUT2D eigenvalue weighted by atomic mass is 79.9. The molecule has 2 fully saturated rings. The van der Waals surface area contributed by atoms with Crippen LogP contribution in [-0.4, -0.2) is 62.6 Å². The van der Waals surface area contributed by atoms with E-state index in [0.717, 1.165) is 73.5 Å². The number of hydrogen-bond donors (Lipinski definition) is 1. The van der Waals surface area contributed by atoms with Crippen LogP contribution < -0.4 is 14.7 Å². The monoisotopic (exact) mass is 570 g/mol. The van der Waals surface area contributed by atoms with Crippen LogP contribution in [0.2, 0.25) is 0 Å². The van der Waals surface area contributed by atoms with Gasteiger partial charge in [0.2, 0.25) is 5.78 Å². The number of hydrogen-bond acceptors (Lipinski definition) is 5. The molecular formula is C29H35BrN2O5. The van der Waals surface area contributed by atoms with Crippen molar-refractivity contribution in [3.05, 3.63) is 69.2 Å². The highest BCUT2D eigenvalue weighted by Gasteiger charge is 2.44. The first-order chi connectivity index (χ1) is 17.9. The molecule has 1 amide bonds. The summed E-state index contributed by atoms with van der Waals surface area (Å²) in [6.45, 7) is 9.26. The molecule has 1 atom stereocenters. The zero-order valence-electron chi connectivity index (χ0n) is 21.6. The van der Waals surface area contributed by atoms with Crippen LogP contribution in [0.4, 0.5) is 0 Å². The van der Waals surface area contributed by atoms with Gasteiger partial charge in [-0.25, -0.2) is 0 Å². The molecule has 0 spiro atoms. The summed E-state index contributed by atoms with van der Waals surface area (Å²) in [5.74, 6) is -1.00. The Morgan fingerprint density at radius 2 is 1.86 bits per heavy atom. The van der Waals surface area contributed by atoms with Crippen LogP contribution in [0.25, 0.3) is 5.76 Å². The van der Waals surface area contributed by atoms with Gasteiger partial charge in [-0.2, -0.15) is 0 Å². The lowest BCUT2D eigenvalue weighted by molar-refractivity contribution is -0.908. The van der Waals surface area contributed by atoms with Gasteiger partial charge in [0, 0.05) is 23.0 Å². The Morgan fingerprint density at radius 1 is 1.14 bits per heavy atom. The van der Waals surface area contributed by atoms with E-state index < -0.39 is 23.5 Å². The molecule has 37 heavy (non-hydrogen) atoms. The fraction of sp³-hybridized carbons (Fsp3) is 0.448. The summed E-state index contributed by atoms with van der Waals surface area (Å²) in [6, 6.07) is 12.0. The number of halogens is 1. The smallest absolute Gasteiger partial charge is 0.295 e. The highest BCUT2D eigenvalue weighted by Crippen LogP contribution is 2.39. The Kier molecular flexibility index (Phi) is 9.40. The number of quaternary nitrogens is 1. The minimum atomic E-state index is -0.711. The molecule has 0 aliphatic carbocycles. The molecule has 2 aromatic rings. The Labute approximate surface area is 227 Å². The summed E-state index contributed by atoms with van der Waals surface area (Å²) in [5, 5.41) is 13.7. The molecule has 198 valence electrons. The van der Waals surface area contributed by atoms with Crippen molar-refractivity contribution in [2.75, 3.05) is 46.0 Å². The molecule has 2 aliphatic rings. The van der Waals surface area contributed by atoms with Crippen LogP contribution in [0.15, 0.2) is 52.5 Å². The molecule has 2 heterocycles. The summed E-state index contributed by atoms with van der Waals surface area (Å²) >= 11 is 3.45. The molecule has 2 aromatic carbocycles. The van der Waals surface area contributed by atoms with Crippen LogP contribution in [0.5, 0.6) is 5.75 Å². The maximum absolute atomic E-state index is 13.7. The molecule has 8 heteroatoms. The molecule has 2 aliphatic heterocycles. The SMILES string of the molecule is CCCCOc1ccc(/C([O-])=C2\C(=O)C(=O)N(CCC[NH+]3CCOCC3)C2c2ccc(Br)cc2)cc1C. The number of ketones is 1. The second-order valence-corrected chi connectivity index (χ2v) is 10.6. The standard InChI is InChI=1S/C29H35BrN2O5/c1-3-4-16-37-24-11-8-22(19-20(24)2)27(33)25-26(21-6-9-23(30)10-7-21)32(29(35)28(25)34)13-5-12-31-14-17-36-18-15-31/h6-11,19,26,33H,3-5,12-18H2,1-2H3/b27-25+. The molecule has 0 saturated carbocycles. The number of ether oxygens (including phenoxy) is 2.